The van der Waals surface area contributed by atoms with Crippen molar-refractivity contribution in [3.8, 4) is 0 Å². The molecule has 1 aromatic heterocycles. The summed E-state index contributed by atoms with van der Waals surface area (Å²) in [6, 6.07) is 2.04. The zero-order valence-corrected chi connectivity index (χ0v) is 8.75. The Labute approximate surface area is 80.1 Å². The first-order valence-corrected chi connectivity index (χ1v) is 4.93. The van der Waals surface area contributed by atoms with Crippen molar-refractivity contribution in [1.29, 1.82) is 0 Å². The van der Waals surface area contributed by atoms with Crippen molar-refractivity contribution < 1.29 is 0 Å². The maximum Gasteiger partial charge on any atom is 0.0593 e. The van der Waals surface area contributed by atoms with Crippen molar-refractivity contribution in [3.05, 3.63) is 18.0 Å². The van der Waals surface area contributed by atoms with Crippen LogP contribution in [0.15, 0.2) is 12.3 Å². The summed E-state index contributed by atoms with van der Waals surface area (Å²) in [5.74, 6) is 0.638. The number of nitrogens with one attached hydrogen (secondary N) is 1. The van der Waals surface area contributed by atoms with Gasteiger partial charge in [-0.25, -0.2) is 0 Å². The monoisotopic (exact) mass is 181 g/mol. The molecule has 0 spiro atoms. The third-order valence-corrected chi connectivity index (χ3v) is 2.02. The van der Waals surface area contributed by atoms with Gasteiger partial charge in [-0.05, 0) is 32.0 Å². The van der Waals surface area contributed by atoms with Gasteiger partial charge in [0.05, 0.1) is 5.69 Å². The first-order valence-electron chi connectivity index (χ1n) is 4.93. The van der Waals surface area contributed by atoms with Crippen LogP contribution in [0.1, 0.15) is 19.5 Å². The number of rotatable bonds is 5. The lowest BCUT2D eigenvalue weighted by Gasteiger charge is -2.11. The molecule has 0 aromatic carbocycles. The molecule has 1 atom stereocenters. The Bertz CT molecular complexity index is 242. The minimum absolute atomic E-state index is 0.638. The second kappa shape index (κ2) is 5.02. The molecule has 0 radical (unpaired) electrons. The van der Waals surface area contributed by atoms with E-state index in [1.807, 2.05) is 23.9 Å². The molecule has 0 bridgehead atoms. The normalized spacial score (nSPS) is 13.2. The van der Waals surface area contributed by atoms with Gasteiger partial charge in [-0.1, -0.05) is 13.8 Å². The van der Waals surface area contributed by atoms with Gasteiger partial charge in [-0.15, -0.1) is 0 Å². The molecular formula is C10H19N3. The second-order valence-corrected chi connectivity index (χ2v) is 3.59. The molecule has 1 rings (SSSR count). The highest BCUT2D eigenvalue weighted by Crippen LogP contribution is 1.99. The summed E-state index contributed by atoms with van der Waals surface area (Å²) in [5.41, 5.74) is 1.09. The fourth-order valence-electron chi connectivity index (χ4n) is 1.34. The van der Waals surface area contributed by atoms with Crippen molar-refractivity contribution >= 4 is 0 Å². The van der Waals surface area contributed by atoms with Gasteiger partial charge in [-0.3, -0.25) is 4.68 Å². The Hall–Kier alpha value is -0.830. The largest absolute Gasteiger partial charge is 0.317 e. The summed E-state index contributed by atoms with van der Waals surface area (Å²) >= 11 is 0. The van der Waals surface area contributed by atoms with Gasteiger partial charge in [-0.2, -0.15) is 5.10 Å². The highest BCUT2D eigenvalue weighted by Gasteiger charge is 2.02. The van der Waals surface area contributed by atoms with Crippen LogP contribution in [0.5, 0.6) is 0 Å². The van der Waals surface area contributed by atoms with Gasteiger partial charge in [0.15, 0.2) is 0 Å². The summed E-state index contributed by atoms with van der Waals surface area (Å²) in [6.45, 7) is 9.49. The molecule has 0 saturated heterocycles. The quantitative estimate of drug-likeness (QED) is 0.745. The van der Waals surface area contributed by atoms with E-state index in [2.05, 4.69) is 24.3 Å². The smallest absolute Gasteiger partial charge is 0.0593 e. The van der Waals surface area contributed by atoms with Crippen LogP contribution in [-0.4, -0.2) is 22.9 Å². The van der Waals surface area contributed by atoms with E-state index in [9.17, 15) is 0 Å². The van der Waals surface area contributed by atoms with Crippen molar-refractivity contribution in [2.75, 3.05) is 13.1 Å². The Morgan fingerprint density at radius 3 is 2.92 bits per heavy atom. The van der Waals surface area contributed by atoms with Gasteiger partial charge >= 0.3 is 0 Å². The number of aryl methyl sites for hydroxylation is 1. The topological polar surface area (TPSA) is 29.9 Å². The van der Waals surface area contributed by atoms with Crippen LogP contribution < -0.4 is 5.32 Å². The molecule has 13 heavy (non-hydrogen) atoms. The van der Waals surface area contributed by atoms with Crippen LogP contribution in [0, 0.1) is 12.8 Å². The maximum atomic E-state index is 4.35. The van der Waals surface area contributed by atoms with E-state index in [-0.39, 0.29) is 0 Å². The van der Waals surface area contributed by atoms with Crippen molar-refractivity contribution in [3.63, 3.8) is 0 Å². The van der Waals surface area contributed by atoms with Crippen molar-refractivity contribution in [1.82, 2.24) is 15.1 Å². The standard InChI is InChI=1S/C10H19N3/c1-4-11-7-9(2)8-13-6-5-10(3)12-13/h5-6,9,11H,4,7-8H2,1-3H3. The van der Waals surface area contributed by atoms with Gasteiger partial charge in [0.1, 0.15) is 0 Å². The van der Waals surface area contributed by atoms with Gasteiger partial charge in [0, 0.05) is 12.7 Å². The van der Waals surface area contributed by atoms with Crippen LogP contribution in [0.4, 0.5) is 0 Å². The number of aromatic nitrogens is 2. The molecule has 0 saturated carbocycles. The molecule has 1 aromatic rings. The number of hydrogen-bond acceptors (Lipinski definition) is 2. The lowest BCUT2D eigenvalue weighted by Crippen LogP contribution is -2.23. The molecule has 3 nitrogen and oxygen atoms in total. The SMILES string of the molecule is CCNCC(C)Cn1ccc(C)n1. The first kappa shape index (κ1) is 10.3. The Balaban J connectivity index is 2.31. The van der Waals surface area contributed by atoms with E-state index in [0.29, 0.717) is 5.92 Å². The molecule has 1 unspecified atom stereocenters. The molecule has 0 amide bonds. The molecule has 1 N–H and O–H groups in total. The highest BCUT2D eigenvalue weighted by molar-refractivity contribution is 4.94. The van der Waals surface area contributed by atoms with Crippen LogP contribution in [0.2, 0.25) is 0 Å². The van der Waals surface area contributed by atoms with Gasteiger partial charge in [0.2, 0.25) is 0 Å². The Kier molecular flexibility index (Phi) is 3.96. The first-order chi connectivity index (χ1) is 6.22. The highest BCUT2D eigenvalue weighted by atomic mass is 15.3. The average molecular weight is 181 g/mol. The number of nitrogens with zero attached hydrogens (tertiary/aromatic N) is 2. The van der Waals surface area contributed by atoms with E-state index in [0.717, 1.165) is 25.3 Å². The fraction of sp³-hybridized carbons (Fsp3) is 0.700. The van der Waals surface area contributed by atoms with E-state index in [1.165, 1.54) is 0 Å². The predicted octanol–water partition coefficient (Wildman–Crippen LogP) is 1.44. The summed E-state index contributed by atoms with van der Waals surface area (Å²) in [5, 5.41) is 7.68. The van der Waals surface area contributed by atoms with Crippen LogP contribution in [-0.2, 0) is 6.54 Å². The third kappa shape index (κ3) is 3.59. The van der Waals surface area contributed by atoms with E-state index >= 15 is 0 Å². The predicted molar refractivity (Wildman–Crippen MR) is 54.7 cm³/mol. The summed E-state index contributed by atoms with van der Waals surface area (Å²) in [6.07, 6.45) is 2.04. The average Bonchev–Trinajstić information content (AvgIpc) is 2.48. The van der Waals surface area contributed by atoms with Gasteiger partial charge < -0.3 is 5.32 Å². The van der Waals surface area contributed by atoms with Crippen molar-refractivity contribution in [2.24, 2.45) is 5.92 Å². The molecule has 3 heteroatoms. The minimum Gasteiger partial charge on any atom is -0.317 e. The molecule has 74 valence electrons. The van der Waals surface area contributed by atoms with E-state index in [4.69, 9.17) is 0 Å². The summed E-state index contributed by atoms with van der Waals surface area (Å²) in [7, 11) is 0. The van der Waals surface area contributed by atoms with E-state index in [1.54, 1.807) is 0 Å². The maximum absolute atomic E-state index is 4.35. The molecule has 0 fully saturated rings. The van der Waals surface area contributed by atoms with Crippen molar-refractivity contribution in [2.45, 2.75) is 27.3 Å². The second-order valence-electron chi connectivity index (χ2n) is 3.59. The molecule has 0 aliphatic heterocycles. The molecule has 0 aliphatic rings. The van der Waals surface area contributed by atoms with Crippen LogP contribution in [0.25, 0.3) is 0 Å². The lowest BCUT2D eigenvalue weighted by atomic mass is 10.2. The number of hydrogen-bond donors (Lipinski definition) is 1. The molecule has 0 aliphatic carbocycles. The van der Waals surface area contributed by atoms with Crippen LogP contribution >= 0.6 is 0 Å². The summed E-state index contributed by atoms with van der Waals surface area (Å²) in [4.78, 5) is 0. The van der Waals surface area contributed by atoms with E-state index < -0.39 is 0 Å². The minimum atomic E-state index is 0.638. The molecule has 1 heterocycles. The zero-order valence-electron chi connectivity index (χ0n) is 8.75. The third-order valence-electron chi connectivity index (χ3n) is 2.02. The Morgan fingerprint density at radius 1 is 1.62 bits per heavy atom. The van der Waals surface area contributed by atoms with Gasteiger partial charge in [0.25, 0.3) is 0 Å². The molecular weight excluding hydrogens is 162 g/mol. The van der Waals surface area contributed by atoms with Crippen LogP contribution in [0.3, 0.4) is 0 Å². The lowest BCUT2D eigenvalue weighted by molar-refractivity contribution is 0.425. The fourth-order valence-corrected chi connectivity index (χ4v) is 1.34. The summed E-state index contributed by atoms with van der Waals surface area (Å²) < 4.78 is 2.01. The zero-order chi connectivity index (χ0) is 9.68. The Morgan fingerprint density at radius 2 is 2.38 bits per heavy atom.